The molecule has 3 N–H and O–H groups in total. The maximum Gasteiger partial charge on any atom is 0.420 e. The van der Waals surface area contributed by atoms with E-state index in [1.807, 2.05) is 5.43 Å². The molecule has 0 atom stereocenters. The molecule has 1 heterocycles. The molecule has 0 aliphatic rings. The molecule has 0 aromatic carbocycles. The van der Waals surface area contributed by atoms with Gasteiger partial charge < -0.3 is 5.43 Å². The van der Waals surface area contributed by atoms with Crippen LogP contribution >= 0.6 is 15.9 Å². The lowest BCUT2D eigenvalue weighted by Gasteiger charge is -2.09. The van der Waals surface area contributed by atoms with E-state index in [2.05, 4.69) is 26.1 Å². The van der Waals surface area contributed by atoms with E-state index in [1.54, 1.807) is 0 Å². The molecule has 4 nitrogen and oxygen atoms in total. The number of nitrogens with two attached hydrogens (primary N) is 1. The molecule has 1 aromatic rings. The van der Waals surface area contributed by atoms with Crippen molar-refractivity contribution in [2.45, 2.75) is 6.18 Å². The first-order valence-corrected chi connectivity index (χ1v) is 3.81. The van der Waals surface area contributed by atoms with Crippen LogP contribution in [0.3, 0.4) is 0 Å². The standard InChI is InChI=1S/C5H4BrF3N4/c6-3-1-2(5(7,8)9)4(11-10)13-12-3/h1H,10H2,(H,11,13). The average molecular weight is 257 g/mol. The van der Waals surface area contributed by atoms with Crippen molar-refractivity contribution in [3.63, 3.8) is 0 Å². The Morgan fingerprint density at radius 1 is 1.38 bits per heavy atom. The second kappa shape index (κ2) is 3.46. The summed E-state index contributed by atoms with van der Waals surface area (Å²) in [5.74, 6) is 4.33. The fraction of sp³-hybridized carbons (Fsp3) is 0.200. The third-order valence-corrected chi connectivity index (χ3v) is 1.59. The Hall–Kier alpha value is -0.890. The molecule has 0 saturated heterocycles. The zero-order valence-corrected chi connectivity index (χ0v) is 7.65. The second-order valence-electron chi connectivity index (χ2n) is 2.07. The van der Waals surface area contributed by atoms with E-state index >= 15 is 0 Å². The van der Waals surface area contributed by atoms with Crippen LogP contribution in [0.25, 0.3) is 0 Å². The van der Waals surface area contributed by atoms with Gasteiger partial charge in [0, 0.05) is 0 Å². The van der Waals surface area contributed by atoms with Crippen molar-refractivity contribution < 1.29 is 13.2 Å². The normalized spacial score (nSPS) is 11.5. The molecule has 0 saturated carbocycles. The van der Waals surface area contributed by atoms with Crippen LogP contribution in [0.1, 0.15) is 5.56 Å². The lowest BCUT2D eigenvalue weighted by atomic mass is 10.3. The highest BCUT2D eigenvalue weighted by Crippen LogP contribution is 2.33. The van der Waals surface area contributed by atoms with Crippen molar-refractivity contribution in [1.29, 1.82) is 0 Å². The first-order valence-electron chi connectivity index (χ1n) is 3.02. The van der Waals surface area contributed by atoms with Gasteiger partial charge in [-0.1, -0.05) is 0 Å². The van der Waals surface area contributed by atoms with Crippen LogP contribution in [0, 0.1) is 0 Å². The number of nitrogens with one attached hydrogen (secondary N) is 1. The molecule has 0 spiro atoms. The van der Waals surface area contributed by atoms with Crippen LogP contribution in [0.2, 0.25) is 0 Å². The van der Waals surface area contributed by atoms with Crippen LogP contribution in [0.15, 0.2) is 10.7 Å². The van der Waals surface area contributed by atoms with E-state index in [-0.39, 0.29) is 4.60 Å². The maximum absolute atomic E-state index is 12.2. The number of nitrogens with zero attached hydrogens (tertiary/aromatic N) is 2. The van der Waals surface area contributed by atoms with Gasteiger partial charge in [0.2, 0.25) is 0 Å². The predicted octanol–water partition coefficient (Wildman–Crippen LogP) is 1.54. The highest BCUT2D eigenvalue weighted by atomic mass is 79.9. The molecule has 1 aromatic heterocycles. The Bertz CT molecular complexity index is 313. The Labute approximate surface area is 79.4 Å². The Kier molecular flexibility index (Phi) is 2.71. The highest BCUT2D eigenvalue weighted by molar-refractivity contribution is 9.10. The fourth-order valence-corrected chi connectivity index (χ4v) is 0.999. The van der Waals surface area contributed by atoms with Crippen molar-refractivity contribution in [3.05, 3.63) is 16.2 Å². The third kappa shape index (κ3) is 2.28. The monoisotopic (exact) mass is 256 g/mol. The molecule has 72 valence electrons. The van der Waals surface area contributed by atoms with Crippen LogP contribution < -0.4 is 11.3 Å². The van der Waals surface area contributed by atoms with Crippen molar-refractivity contribution in [3.8, 4) is 0 Å². The molecule has 0 amide bonds. The first-order chi connectivity index (χ1) is 5.95. The molecule has 1 rings (SSSR count). The summed E-state index contributed by atoms with van der Waals surface area (Å²) in [6, 6.07) is 0.794. The number of anilines is 1. The molecule has 8 heteroatoms. The zero-order chi connectivity index (χ0) is 10.1. The number of hydrazine groups is 1. The second-order valence-corrected chi connectivity index (χ2v) is 2.88. The summed E-state index contributed by atoms with van der Waals surface area (Å²) >= 11 is 2.78. The van der Waals surface area contributed by atoms with Gasteiger partial charge in [-0.15, -0.1) is 10.2 Å². The summed E-state index contributed by atoms with van der Waals surface area (Å²) < 4.78 is 36.7. The molecule has 0 aliphatic heterocycles. The summed E-state index contributed by atoms with van der Waals surface area (Å²) in [5.41, 5.74) is 0.854. The number of hydrogen-bond donors (Lipinski definition) is 2. The van der Waals surface area contributed by atoms with Crippen LogP contribution in [0.5, 0.6) is 0 Å². The van der Waals surface area contributed by atoms with Crippen molar-refractivity contribution in [2.24, 2.45) is 5.84 Å². The van der Waals surface area contributed by atoms with Gasteiger partial charge in [-0.25, -0.2) is 5.84 Å². The van der Waals surface area contributed by atoms with E-state index in [4.69, 9.17) is 5.84 Å². The van der Waals surface area contributed by atoms with Gasteiger partial charge in [0.15, 0.2) is 5.82 Å². The topological polar surface area (TPSA) is 63.8 Å². The van der Waals surface area contributed by atoms with Gasteiger partial charge in [0.05, 0.1) is 0 Å². The van der Waals surface area contributed by atoms with Crippen LogP contribution in [-0.4, -0.2) is 10.2 Å². The summed E-state index contributed by atoms with van der Waals surface area (Å²) in [7, 11) is 0. The number of halogens is 4. The summed E-state index contributed by atoms with van der Waals surface area (Å²) in [4.78, 5) is 0. The number of rotatable bonds is 1. The van der Waals surface area contributed by atoms with E-state index in [0.717, 1.165) is 6.07 Å². The quantitative estimate of drug-likeness (QED) is 0.591. The van der Waals surface area contributed by atoms with Gasteiger partial charge in [-0.2, -0.15) is 13.2 Å². The van der Waals surface area contributed by atoms with E-state index < -0.39 is 17.6 Å². The predicted molar refractivity (Wildman–Crippen MR) is 42.5 cm³/mol. The van der Waals surface area contributed by atoms with Gasteiger partial charge >= 0.3 is 6.18 Å². The van der Waals surface area contributed by atoms with E-state index in [0.29, 0.717) is 0 Å². The first kappa shape index (κ1) is 10.2. The minimum absolute atomic E-state index is 0.00109. The minimum atomic E-state index is -4.50. The lowest BCUT2D eigenvalue weighted by molar-refractivity contribution is -0.137. The summed E-state index contributed by atoms with van der Waals surface area (Å²) in [6.45, 7) is 0. The van der Waals surface area contributed by atoms with Gasteiger partial charge in [0.25, 0.3) is 0 Å². The molecule has 0 radical (unpaired) electrons. The van der Waals surface area contributed by atoms with Gasteiger partial charge in [0.1, 0.15) is 10.2 Å². The van der Waals surface area contributed by atoms with Crippen molar-refractivity contribution in [1.82, 2.24) is 10.2 Å². The Balaban J connectivity index is 3.24. The number of alkyl halides is 3. The molecule has 13 heavy (non-hydrogen) atoms. The number of aromatic nitrogens is 2. The van der Waals surface area contributed by atoms with E-state index in [1.165, 1.54) is 0 Å². The number of hydrogen-bond acceptors (Lipinski definition) is 4. The Morgan fingerprint density at radius 3 is 2.46 bits per heavy atom. The fourth-order valence-electron chi connectivity index (χ4n) is 0.691. The molecule has 0 aliphatic carbocycles. The Morgan fingerprint density at radius 2 is 2.00 bits per heavy atom. The summed E-state index contributed by atoms with van der Waals surface area (Å²) in [5, 5.41) is 6.56. The molecule has 0 unspecified atom stereocenters. The molecule has 0 fully saturated rings. The largest absolute Gasteiger partial charge is 0.420 e. The summed E-state index contributed by atoms with van der Waals surface area (Å²) in [6.07, 6.45) is -4.50. The number of nitrogen functional groups attached to an aromatic ring is 1. The highest BCUT2D eigenvalue weighted by Gasteiger charge is 2.34. The van der Waals surface area contributed by atoms with Crippen molar-refractivity contribution >= 4 is 21.7 Å². The third-order valence-electron chi connectivity index (χ3n) is 1.21. The van der Waals surface area contributed by atoms with E-state index in [9.17, 15) is 13.2 Å². The molecular formula is C5H4BrF3N4. The van der Waals surface area contributed by atoms with Crippen LogP contribution in [-0.2, 0) is 6.18 Å². The molecular weight excluding hydrogens is 253 g/mol. The molecule has 0 bridgehead atoms. The van der Waals surface area contributed by atoms with Crippen molar-refractivity contribution in [2.75, 3.05) is 5.43 Å². The minimum Gasteiger partial charge on any atom is -0.306 e. The average Bonchev–Trinajstić information content (AvgIpc) is 2.03. The lowest BCUT2D eigenvalue weighted by Crippen LogP contribution is -2.17. The zero-order valence-electron chi connectivity index (χ0n) is 6.06. The SMILES string of the molecule is NNc1nnc(Br)cc1C(F)(F)F. The maximum atomic E-state index is 12.2. The van der Waals surface area contributed by atoms with Gasteiger partial charge in [-0.3, -0.25) is 0 Å². The smallest absolute Gasteiger partial charge is 0.306 e. The van der Waals surface area contributed by atoms with Gasteiger partial charge in [-0.05, 0) is 22.0 Å². The van der Waals surface area contributed by atoms with Crippen LogP contribution in [0.4, 0.5) is 19.0 Å².